The van der Waals surface area contributed by atoms with E-state index in [2.05, 4.69) is 37.1 Å². The van der Waals surface area contributed by atoms with Gasteiger partial charge in [0.05, 0.1) is 23.3 Å². The molecule has 1 atom stereocenters. The molecule has 13 nitrogen and oxygen atoms in total. The number of nitriles is 1. The van der Waals surface area contributed by atoms with Crippen LogP contribution in [0, 0.1) is 11.3 Å². The minimum Gasteiger partial charge on any atom is -0.444 e. The number of rotatable bonds is 13. The number of hydrogen-bond acceptors (Lipinski definition) is 10. The molecule has 3 heterocycles. The van der Waals surface area contributed by atoms with Crippen molar-refractivity contribution in [2.24, 2.45) is 5.10 Å². The van der Waals surface area contributed by atoms with Gasteiger partial charge in [0.2, 0.25) is 5.91 Å². The van der Waals surface area contributed by atoms with E-state index in [0.717, 1.165) is 53.1 Å². The molecule has 2 aliphatic heterocycles. The number of carbonyl (C=O) groups excluding carboxylic acids is 2. The summed E-state index contributed by atoms with van der Waals surface area (Å²) in [5.74, 6) is -0.861. The number of halogens is 4. The van der Waals surface area contributed by atoms with Crippen molar-refractivity contribution >= 4 is 51.5 Å². The highest BCUT2D eigenvalue weighted by Gasteiger charge is 2.32. The molecule has 0 bridgehead atoms. The molecule has 53 heavy (non-hydrogen) atoms. The van der Waals surface area contributed by atoms with Gasteiger partial charge in [-0.25, -0.2) is 9.48 Å². The first kappa shape index (κ1) is 39.2. The van der Waals surface area contributed by atoms with Gasteiger partial charge in [-0.1, -0.05) is 17.7 Å². The van der Waals surface area contributed by atoms with Crippen LogP contribution < -0.4 is 20.8 Å². The number of hydrogen-bond donors (Lipinski definition) is 3. The highest BCUT2D eigenvalue weighted by Crippen LogP contribution is 2.34. The topological polar surface area (TPSA) is 155 Å². The number of benzene rings is 2. The molecule has 2 aromatic carbocycles. The van der Waals surface area contributed by atoms with Gasteiger partial charge in [-0.3, -0.25) is 4.79 Å². The molecule has 0 saturated carbocycles. The zero-order valence-corrected chi connectivity index (χ0v) is 30.4. The number of ether oxygens (including phenoxy) is 3. The average molecular weight is 759 g/mol. The maximum Gasteiger partial charge on any atom is 0.573 e. The highest BCUT2D eigenvalue weighted by molar-refractivity contribution is 6.32. The quantitative estimate of drug-likeness (QED) is 0.158. The lowest BCUT2D eigenvalue weighted by Crippen LogP contribution is -2.39. The summed E-state index contributed by atoms with van der Waals surface area (Å²) in [6.45, 7) is 7.02. The molecule has 5 rings (SSSR count). The number of carbonyl (C=O) groups is 2. The molecule has 1 unspecified atom stereocenters. The Kier molecular flexibility index (Phi) is 12.7. The summed E-state index contributed by atoms with van der Waals surface area (Å²) < 4.78 is 55.4. The SMILES string of the molecule is CC(C)(C)OC(=O)N(CCC(=O)NCCCNc1cc(C2=CC(C#N)=NNC2)cc2c1cnn2C1CCCCO1)Cc1ccc(OC(F)(F)F)c(Cl)c1. The molecule has 1 aromatic heterocycles. The van der Waals surface area contributed by atoms with E-state index in [1.54, 1.807) is 26.8 Å². The molecule has 0 radical (unpaired) electrons. The van der Waals surface area contributed by atoms with Gasteiger partial charge in [0.15, 0.2) is 11.9 Å². The molecule has 1 fully saturated rings. The fourth-order valence-electron chi connectivity index (χ4n) is 5.82. The smallest absolute Gasteiger partial charge is 0.444 e. The van der Waals surface area contributed by atoms with Crippen molar-refractivity contribution in [2.45, 2.75) is 77.6 Å². The summed E-state index contributed by atoms with van der Waals surface area (Å²) in [7, 11) is 0. The number of anilines is 1. The molecule has 3 N–H and O–H groups in total. The lowest BCUT2D eigenvalue weighted by Gasteiger charge is -2.27. The van der Waals surface area contributed by atoms with Gasteiger partial charge >= 0.3 is 12.5 Å². The van der Waals surface area contributed by atoms with Gasteiger partial charge in [-0.2, -0.15) is 15.5 Å². The van der Waals surface area contributed by atoms with Crippen LogP contribution in [0.3, 0.4) is 0 Å². The summed E-state index contributed by atoms with van der Waals surface area (Å²) in [5, 5.41) is 25.1. The van der Waals surface area contributed by atoms with Crippen molar-refractivity contribution in [3.63, 3.8) is 0 Å². The van der Waals surface area contributed by atoms with E-state index in [1.807, 2.05) is 23.0 Å². The Labute approximate surface area is 310 Å². The number of aromatic nitrogens is 2. The Hall–Kier alpha value is -5.01. The van der Waals surface area contributed by atoms with Gasteiger partial charge in [0.1, 0.15) is 17.4 Å². The Morgan fingerprint density at radius 1 is 1.19 bits per heavy atom. The molecular formula is C36H42ClF3N8O5. The fraction of sp³-hybridized carbons (Fsp3) is 0.472. The second-order valence-electron chi connectivity index (χ2n) is 13.6. The third kappa shape index (κ3) is 11.2. The summed E-state index contributed by atoms with van der Waals surface area (Å²) in [6.07, 6.45) is 1.25. The van der Waals surface area contributed by atoms with E-state index in [1.165, 1.54) is 17.0 Å². The van der Waals surface area contributed by atoms with Crippen LogP contribution in [-0.4, -0.2) is 77.1 Å². The third-order valence-electron chi connectivity index (χ3n) is 8.26. The van der Waals surface area contributed by atoms with Crippen molar-refractivity contribution in [3.05, 3.63) is 58.8 Å². The second-order valence-corrected chi connectivity index (χ2v) is 14.0. The monoisotopic (exact) mass is 758 g/mol. The Morgan fingerprint density at radius 2 is 2.00 bits per heavy atom. The molecule has 2 amide bonds. The first-order valence-electron chi connectivity index (χ1n) is 17.3. The van der Waals surface area contributed by atoms with Crippen LogP contribution in [0.5, 0.6) is 5.75 Å². The normalized spacial score (nSPS) is 16.2. The van der Waals surface area contributed by atoms with E-state index in [9.17, 15) is 28.0 Å². The molecular weight excluding hydrogens is 717 g/mol. The summed E-state index contributed by atoms with van der Waals surface area (Å²) in [4.78, 5) is 27.2. The number of nitrogens with one attached hydrogen (secondary N) is 3. The van der Waals surface area contributed by atoms with Gasteiger partial charge in [-0.15, -0.1) is 13.2 Å². The summed E-state index contributed by atoms with van der Waals surface area (Å²) >= 11 is 6.01. The maximum atomic E-state index is 13.0. The van der Waals surface area contributed by atoms with Crippen LogP contribution in [0.4, 0.5) is 23.7 Å². The van der Waals surface area contributed by atoms with Crippen LogP contribution in [0.15, 0.2) is 47.7 Å². The molecule has 1 saturated heterocycles. The van der Waals surface area contributed by atoms with Gasteiger partial charge in [-0.05, 0) is 93.5 Å². The molecule has 0 spiro atoms. The van der Waals surface area contributed by atoms with Crippen LogP contribution in [0.2, 0.25) is 5.02 Å². The van der Waals surface area contributed by atoms with E-state index >= 15 is 0 Å². The number of alkyl halides is 3. The molecule has 17 heteroatoms. The minimum atomic E-state index is -4.91. The molecule has 3 aromatic rings. The summed E-state index contributed by atoms with van der Waals surface area (Å²) in [5.41, 5.74) is 6.36. The number of allylic oxidation sites excluding steroid dienone is 1. The zero-order valence-electron chi connectivity index (χ0n) is 29.7. The number of fused-ring (bicyclic) bond motifs is 1. The van der Waals surface area contributed by atoms with E-state index in [0.29, 0.717) is 38.2 Å². The van der Waals surface area contributed by atoms with Crippen molar-refractivity contribution < 1.29 is 37.0 Å². The molecule has 0 aliphatic carbocycles. The lowest BCUT2D eigenvalue weighted by atomic mass is 10.0. The highest BCUT2D eigenvalue weighted by atomic mass is 35.5. The van der Waals surface area contributed by atoms with Crippen LogP contribution in [-0.2, 0) is 20.8 Å². The Balaban J connectivity index is 1.19. The van der Waals surface area contributed by atoms with Crippen molar-refractivity contribution in [3.8, 4) is 11.8 Å². The standard InChI is InChI=1S/C36H42ClF3N8O5/c1-35(2,3)53-34(50)47(22-23-8-9-31(28(37)15-23)52-36(38,39)40)13-10-32(49)43-12-6-11-42-29-17-24(25-16-26(19-41)46-44-20-25)18-30-27(29)21-45-48(30)33-7-4-5-14-51-33/h8-9,15-18,21,33,42,44H,4-7,10-14,20,22H2,1-3H3,(H,43,49). The first-order valence-corrected chi connectivity index (χ1v) is 17.6. The lowest BCUT2D eigenvalue weighted by molar-refractivity contribution is -0.274. The van der Waals surface area contributed by atoms with E-state index < -0.39 is 23.8 Å². The maximum absolute atomic E-state index is 13.0. The molecule has 2 aliphatic rings. The largest absolute Gasteiger partial charge is 0.573 e. The second kappa shape index (κ2) is 17.2. The predicted molar refractivity (Wildman–Crippen MR) is 193 cm³/mol. The van der Waals surface area contributed by atoms with Crippen molar-refractivity contribution in [1.82, 2.24) is 25.4 Å². The molecule has 284 valence electrons. The summed E-state index contributed by atoms with van der Waals surface area (Å²) in [6, 6.07) is 9.84. The zero-order chi connectivity index (χ0) is 38.2. The van der Waals surface area contributed by atoms with E-state index in [4.69, 9.17) is 21.1 Å². The van der Waals surface area contributed by atoms with Crippen LogP contribution >= 0.6 is 11.6 Å². The fourth-order valence-corrected chi connectivity index (χ4v) is 6.06. The Bertz CT molecular complexity index is 1890. The van der Waals surface area contributed by atoms with Crippen LogP contribution in [0.25, 0.3) is 16.5 Å². The third-order valence-corrected chi connectivity index (χ3v) is 8.55. The van der Waals surface area contributed by atoms with Gasteiger partial charge in [0.25, 0.3) is 0 Å². The van der Waals surface area contributed by atoms with E-state index in [-0.39, 0.29) is 42.4 Å². The Morgan fingerprint density at radius 3 is 2.70 bits per heavy atom. The number of nitrogens with zero attached hydrogens (tertiary/aromatic N) is 5. The van der Waals surface area contributed by atoms with Gasteiger partial charge in [0, 0.05) is 50.3 Å². The van der Waals surface area contributed by atoms with Crippen molar-refractivity contribution in [1.29, 1.82) is 5.26 Å². The number of hydrazone groups is 1. The first-order chi connectivity index (χ1) is 25.2. The number of amides is 2. The minimum absolute atomic E-state index is 0.0141. The van der Waals surface area contributed by atoms with Crippen LogP contribution in [0.1, 0.15) is 70.2 Å². The van der Waals surface area contributed by atoms with Gasteiger partial charge < -0.3 is 35.2 Å². The average Bonchev–Trinajstić information content (AvgIpc) is 3.54. The predicted octanol–water partition coefficient (Wildman–Crippen LogP) is 6.90. The van der Waals surface area contributed by atoms with Crippen molar-refractivity contribution in [2.75, 3.05) is 38.1 Å².